The Labute approximate surface area is 248 Å². The number of carbonyl (C=O) groups is 3. The highest BCUT2D eigenvalue weighted by Crippen LogP contribution is 2.32. The number of amides is 3. The number of piperidine rings is 1. The average molecular weight is 592 g/mol. The van der Waals surface area contributed by atoms with E-state index in [2.05, 4.69) is 20.2 Å². The fraction of sp³-hybridized carbons (Fsp3) is 0.452. The first-order valence-electron chi connectivity index (χ1n) is 14.3. The predicted molar refractivity (Wildman–Crippen MR) is 152 cm³/mol. The van der Waals surface area contributed by atoms with E-state index in [1.165, 1.54) is 17.2 Å². The van der Waals surface area contributed by atoms with Crippen molar-refractivity contribution >= 4 is 28.6 Å². The third-order valence-electron chi connectivity index (χ3n) is 8.27. The minimum Gasteiger partial charge on any atom is -0.489 e. The number of benzene rings is 2. The summed E-state index contributed by atoms with van der Waals surface area (Å²) in [4.78, 5) is 49.1. The van der Waals surface area contributed by atoms with Crippen LogP contribution >= 0.6 is 0 Å². The standard InChI is InChI=1S/C31H34FN5O6/c1-31(2,41)30-33-11-18-8-17(9-23(32)27(18)35-30)12-36-13-20(16-42-3)25(15-36)43-21-4-5-22-19(10-21)14-37(29(22)40)24-6-7-26(38)34-28(24)39/h4-5,8-11,20,24-25,41H,6-7,12-16H2,1-3H3,(H,34,38,39)/t20-,24-,25+/m0/s1. The Morgan fingerprint density at radius 1 is 1.16 bits per heavy atom. The zero-order chi connectivity index (χ0) is 30.5. The molecule has 6 rings (SSSR count). The summed E-state index contributed by atoms with van der Waals surface area (Å²) in [6.07, 6.45) is 1.84. The van der Waals surface area contributed by atoms with Crippen molar-refractivity contribution in [1.29, 1.82) is 0 Å². The summed E-state index contributed by atoms with van der Waals surface area (Å²) < 4.78 is 27.0. The van der Waals surface area contributed by atoms with Crippen LogP contribution in [0.25, 0.3) is 10.9 Å². The molecule has 3 amide bonds. The highest BCUT2D eigenvalue weighted by Gasteiger charge is 2.40. The summed E-state index contributed by atoms with van der Waals surface area (Å²) in [5.74, 6) is -0.639. The molecule has 0 spiro atoms. The first kappa shape index (κ1) is 29.1. The van der Waals surface area contributed by atoms with Gasteiger partial charge in [0.2, 0.25) is 11.8 Å². The molecule has 43 heavy (non-hydrogen) atoms. The van der Waals surface area contributed by atoms with Crippen LogP contribution in [0.3, 0.4) is 0 Å². The molecule has 226 valence electrons. The van der Waals surface area contributed by atoms with Crippen LogP contribution in [0.15, 0.2) is 36.5 Å². The van der Waals surface area contributed by atoms with Crippen molar-refractivity contribution in [2.75, 3.05) is 26.8 Å². The third-order valence-corrected chi connectivity index (χ3v) is 8.27. The molecule has 2 aromatic carbocycles. The summed E-state index contributed by atoms with van der Waals surface area (Å²) in [7, 11) is 1.64. The van der Waals surface area contributed by atoms with Crippen molar-refractivity contribution in [3.63, 3.8) is 0 Å². The van der Waals surface area contributed by atoms with Gasteiger partial charge in [-0.15, -0.1) is 0 Å². The maximum atomic E-state index is 15.1. The van der Waals surface area contributed by atoms with Crippen LogP contribution in [0.5, 0.6) is 5.75 Å². The molecule has 3 aliphatic rings. The molecule has 11 nitrogen and oxygen atoms in total. The zero-order valence-corrected chi connectivity index (χ0v) is 24.3. The van der Waals surface area contributed by atoms with Gasteiger partial charge in [-0.2, -0.15) is 0 Å². The summed E-state index contributed by atoms with van der Waals surface area (Å²) in [6.45, 7) is 5.61. The van der Waals surface area contributed by atoms with Crippen LogP contribution in [-0.4, -0.2) is 81.5 Å². The summed E-state index contributed by atoms with van der Waals surface area (Å²) in [6, 6.07) is 7.98. The number of nitrogens with zero attached hydrogens (tertiary/aromatic N) is 4. The second kappa shape index (κ2) is 11.3. The number of rotatable bonds is 8. The molecule has 3 atom stereocenters. The van der Waals surface area contributed by atoms with Crippen molar-refractivity contribution in [2.24, 2.45) is 5.92 Å². The lowest BCUT2D eigenvalue weighted by molar-refractivity contribution is -0.136. The Kier molecular flexibility index (Phi) is 7.61. The van der Waals surface area contributed by atoms with Crippen molar-refractivity contribution in [2.45, 2.75) is 57.5 Å². The van der Waals surface area contributed by atoms with Gasteiger partial charge in [-0.25, -0.2) is 14.4 Å². The lowest BCUT2D eigenvalue weighted by Gasteiger charge is -2.29. The maximum absolute atomic E-state index is 15.1. The van der Waals surface area contributed by atoms with Gasteiger partial charge in [-0.05, 0) is 61.7 Å². The largest absolute Gasteiger partial charge is 0.489 e. The Morgan fingerprint density at radius 2 is 1.98 bits per heavy atom. The minimum absolute atomic E-state index is 0.0582. The number of aromatic nitrogens is 2. The molecular formula is C31H34FN5O6. The van der Waals surface area contributed by atoms with Gasteiger partial charge in [0, 0.05) is 62.8 Å². The molecule has 1 aromatic heterocycles. The molecule has 0 aliphatic carbocycles. The first-order valence-corrected chi connectivity index (χ1v) is 14.3. The van der Waals surface area contributed by atoms with Crippen molar-refractivity contribution in [1.82, 2.24) is 25.1 Å². The molecule has 2 fully saturated rings. The van der Waals surface area contributed by atoms with Gasteiger partial charge in [0.25, 0.3) is 5.91 Å². The lowest BCUT2D eigenvalue weighted by atomic mass is 10.0. The van der Waals surface area contributed by atoms with Crippen molar-refractivity contribution < 1.29 is 33.4 Å². The lowest BCUT2D eigenvalue weighted by Crippen LogP contribution is -2.52. The SMILES string of the molecule is COC[C@@H]1CN(Cc2cc(F)c3nc(C(C)(C)O)ncc3c2)C[C@H]1Oc1ccc2c(c1)CN([C@H]1CCC(=O)NC1=O)C2=O. The third kappa shape index (κ3) is 5.82. The highest BCUT2D eigenvalue weighted by molar-refractivity contribution is 6.05. The quantitative estimate of drug-likeness (QED) is 0.379. The molecule has 4 heterocycles. The minimum atomic E-state index is -1.28. The number of hydrogen-bond donors (Lipinski definition) is 2. The normalized spacial score (nSPS) is 22.8. The van der Waals surface area contributed by atoms with Crippen LogP contribution in [0.1, 0.15) is 54.0 Å². The number of halogens is 1. The smallest absolute Gasteiger partial charge is 0.255 e. The van der Waals surface area contributed by atoms with E-state index in [0.29, 0.717) is 49.4 Å². The second-order valence-electron chi connectivity index (χ2n) is 12.1. The topological polar surface area (TPSA) is 134 Å². The van der Waals surface area contributed by atoms with Crippen molar-refractivity contribution in [3.8, 4) is 5.75 Å². The van der Waals surface area contributed by atoms with Crippen LogP contribution in [-0.2, 0) is 33.0 Å². The van der Waals surface area contributed by atoms with Crippen LogP contribution in [0.4, 0.5) is 4.39 Å². The van der Waals surface area contributed by atoms with Gasteiger partial charge in [0.05, 0.1) is 6.61 Å². The number of fused-ring (bicyclic) bond motifs is 2. The fourth-order valence-electron chi connectivity index (χ4n) is 6.17. The zero-order valence-electron chi connectivity index (χ0n) is 24.3. The molecule has 0 unspecified atom stereocenters. The molecule has 0 radical (unpaired) electrons. The van der Waals surface area contributed by atoms with Gasteiger partial charge in [0.1, 0.15) is 34.8 Å². The molecule has 0 saturated carbocycles. The number of methoxy groups -OCH3 is 1. The molecule has 0 bridgehead atoms. The number of nitrogens with one attached hydrogen (secondary N) is 1. The highest BCUT2D eigenvalue weighted by atomic mass is 19.1. The van der Waals surface area contributed by atoms with E-state index in [1.54, 1.807) is 33.1 Å². The van der Waals surface area contributed by atoms with E-state index >= 15 is 4.39 Å². The maximum Gasteiger partial charge on any atom is 0.255 e. The van der Waals surface area contributed by atoms with E-state index in [-0.39, 0.29) is 48.1 Å². The van der Waals surface area contributed by atoms with E-state index < -0.39 is 23.4 Å². The Hall–Kier alpha value is -4.00. The van der Waals surface area contributed by atoms with Gasteiger partial charge in [-0.1, -0.05) is 0 Å². The second-order valence-corrected chi connectivity index (χ2v) is 12.1. The van der Waals surface area contributed by atoms with Gasteiger partial charge in [-0.3, -0.25) is 24.6 Å². The monoisotopic (exact) mass is 591 g/mol. The van der Waals surface area contributed by atoms with Gasteiger partial charge in [0.15, 0.2) is 5.82 Å². The van der Waals surface area contributed by atoms with E-state index in [4.69, 9.17) is 9.47 Å². The van der Waals surface area contributed by atoms with E-state index in [0.717, 1.165) is 11.1 Å². The number of hydrogen-bond acceptors (Lipinski definition) is 9. The number of imide groups is 1. The van der Waals surface area contributed by atoms with Crippen LogP contribution in [0, 0.1) is 11.7 Å². The van der Waals surface area contributed by atoms with Gasteiger partial charge >= 0.3 is 0 Å². The number of likely N-dealkylation sites (tertiary alicyclic amines) is 1. The summed E-state index contributed by atoms with van der Waals surface area (Å²) >= 11 is 0. The first-order chi connectivity index (χ1) is 20.5. The Morgan fingerprint density at radius 3 is 2.72 bits per heavy atom. The molecular weight excluding hydrogens is 557 g/mol. The van der Waals surface area contributed by atoms with Crippen molar-refractivity contribution in [3.05, 3.63) is 64.9 Å². The molecule has 3 aromatic rings. The molecule has 2 saturated heterocycles. The summed E-state index contributed by atoms with van der Waals surface area (Å²) in [5.41, 5.74) is 0.956. The summed E-state index contributed by atoms with van der Waals surface area (Å²) in [5, 5.41) is 13.1. The fourth-order valence-corrected chi connectivity index (χ4v) is 6.17. The average Bonchev–Trinajstić information content (AvgIpc) is 3.47. The number of carbonyl (C=O) groups excluding carboxylic acids is 3. The Balaban J connectivity index is 1.15. The number of ether oxygens (including phenoxy) is 2. The Bertz CT molecular complexity index is 1610. The van der Waals surface area contributed by atoms with E-state index in [9.17, 15) is 19.5 Å². The molecule has 3 aliphatic heterocycles. The predicted octanol–water partition coefficient (Wildman–Crippen LogP) is 2.28. The molecule has 2 N–H and O–H groups in total. The molecule has 12 heteroatoms. The van der Waals surface area contributed by atoms with Crippen LogP contribution < -0.4 is 10.1 Å². The van der Waals surface area contributed by atoms with E-state index in [1.807, 2.05) is 12.1 Å². The van der Waals surface area contributed by atoms with Crippen LogP contribution in [0.2, 0.25) is 0 Å². The number of aliphatic hydroxyl groups is 1. The van der Waals surface area contributed by atoms with Gasteiger partial charge < -0.3 is 19.5 Å².